The molecule has 3 heteroatoms. The van der Waals surface area contributed by atoms with Gasteiger partial charge >= 0.3 is 0 Å². The lowest BCUT2D eigenvalue weighted by atomic mass is 10.0. The summed E-state index contributed by atoms with van der Waals surface area (Å²) in [5.41, 5.74) is 2.22. The van der Waals surface area contributed by atoms with Crippen LogP contribution in [-0.4, -0.2) is 4.98 Å². The van der Waals surface area contributed by atoms with E-state index >= 15 is 0 Å². The molecule has 0 atom stereocenters. The Morgan fingerprint density at radius 2 is 1.94 bits per heavy atom. The van der Waals surface area contributed by atoms with Crippen LogP contribution in [0, 0.1) is 12.9 Å². The predicted molar refractivity (Wildman–Crippen MR) is 69.5 cm³/mol. The highest BCUT2D eigenvalue weighted by Crippen LogP contribution is 2.31. The number of ether oxygens (including phenoxy) is 1. The minimum Gasteiger partial charge on any atom is -0.457 e. The zero-order valence-electron chi connectivity index (χ0n) is 10.8. The second-order valence-electron chi connectivity index (χ2n) is 4.61. The second kappa shape index (κ2) is 5.17. The maximum Gasteiger partial charge on any atom is 0.216 e. The molecule has 1 aromatic carbocycles. The Hall–Kier alpha value is -1.90. The van der Waals surface area contributed by atoms with Gasteiger partial charge in [-0.3, -0.25) is 0 Å². The van der Waals surface area contributed by atoms with E-state index in [1.54, 1.807) is 6.07 Å². The van der Waals surface area contributed by atoms with Gasteiger partial charge in [-0.25, -0.2) is 4.98 Å². The van der Waals surface area contributed by atoms with E-state index in [1.165, 1.54) is 12.3 Å². The Balaban J connectivity index is 2.36. The second-order valence-corrected chi connectivity index (χ2v) is 4.61. The average Bonchev–Trinajstić information content (AvgIpc) is 2.28. The Morgan fingerprint density at radius 1 is 1.17 bits per heavy atom. The fourth-order valence-electron chi connectivity index (χ4n) is 1.78. The monoisotopic (exact) mass is 245 g/mol. The van der Waals surface area contributed by atoms with Gasteiger partial charge in [0.25, 0.3) is 0 Å². The summed E-state index contributed by atoms with van der Waals surface area (Å²) in [6.45, 7) is 6.21. The van der Waals surface area contributed by atoms with Crippen molar-refractivity contribution in [1.29, 1.82) is 0 Å². The number of halogens is 1. The summed E-state index contributed by atoms with van der Waals surface area (Å²) in [7, 11) is 0. The number of benzene rings is 1. The molecule has 1 heterocycles. The van der Waals surface area contributed by atoms with Crippen LogP contribution in [0.15, 0.2) is 36.5 Å². The van der Waals surface area contributed by atoms with E-state index in [4.69, 9.17) is 4.74 Å². The zero-order chi connectivity index (χ0) is 13.1. The maximum atomic E-state index is 13.0. The largest absolute Gasteiger partial charge is 0.457 e. The van der Waals surface area contributed by atoms with E-state index < -0.39 is 5.95 Å². The molecule has 94 valence electrons. The molecule has 0 aliphatic rings. The van der Waals surface area contributed by atoms with Gasteiger partial charge in [0.15, 0.2) is 0 Å². The van der Waals surface area contributed by atoms with Gasteiger partial charge in [0.2, 0.25) is 5.95 Å². The summed E-state index contributed by atoms with van der Waals surface area (Å²) in [5, 5.41) is 0. The van der Waals surface area contributed by atoms with Crippen LogP contribution in [0.1, 0.15) is 30.9 Å². The van der Waals surface area contributed by atoms with Crippen molar-refractivity contribution in [3.8, 4) is 11.5 Å². The third kappa shape index (κ3) is 2.86. The van der Waals surface area contributed by atoms with E-state index in [9.17, 15) is 4.39 Å². The summed E-state index contributed by atoms with van der Waals surface area (Å²) in [6.07, 6.45) is 1.40. The number of rotatable bonds is 3. The first-order valence-electron chi connectivity index (χ1n) is 5.96. The average molecular weight is 245 g/mol. The first-order chi connectivity index (χ1) is 8.56. The highest BCUT2D eigenvalue weighted by atomic mass is 19.1. The van der Waals surface area contributed by atoms with Gasteiger partial charge in [-0.15, -0.1) is 0 Å². The van der Waals surface area contributed by atoms with E-state index in [-0.39, 0.29) is 0 Å². The van der Waals surface area contributed by atoms with Gasteiger partial charge in [-0.05, 0) is 36.1 Å². The van der Waals surface area contributed by atoms with Crippen LogP contribution < -0.4 is 4.74 Å². The number of pyridine rings is 1. The molecule has 2 aromatic rings. The standard InChI is InChI=1S/C15H16FNO/c1-10(2)13-5-4-11(3)8-14(13)18-12-6-7-17-15(16)9-12/h4-10H,1-3H3. The SMILES string of the molecule is Cc1ccc(C(C)C)c(Oc2ccnc(F)c2)c1. The fraction of sp³-hybridized carbons (Fsp3) is 0.267. The molecule has 0 fully saturated rings. The highest BCUT2D eigenvalue weighted by molar-refractivity contribution is 5.41. The highest BCUT2D eigenvalue weighted by Gasteiger charge is 2.09. The molecule has 0 aliphatic heterocycles. The molecule has 0 N–H and O–H groups in total. The predicted octanol–water partition coefficient (Wildman–Crippen LogP) is 4.44. The first kappa shape index (κ1) is 12.6. The normalized spacial score (nSPS) is 10.7. The van der Waals surface area contributed by atoms with Crippen molar-refractivity contribution >= 4 is 0 Å². The molecule has 0 unspecified atom stereocenters. The topological polar surface area (TPSA) is 22.1 Å². The summed E-state index contributed by atoms with van der Waals surface area (Å²) < 4.78 is 18.8. The third-order valence-electron chi connectivity index (χ3n) is 2.72. The van der Waals surface area contributed by atoms with Crippen LogP contribution in [0.5, 0.6) is 11.5 Å². The summed E-state index contributed by atoms with van der Waals surface area (Å²) in [6, 6.07) is 9.00. The zero-order valence-corrected chi connectivity index (χ0v) is 10.8. The van der Waals surface area contributed by atoms with E-state index in [0.717, 1.165) is 16.9 Å². The van der Waals surface area contributed by atoms with Gasteiger partial charge in [-0.1, -0.05) is 26.0 Å². The van der Waals surface area contributed by atoms with Crippen molar-refractivity contribution in [2.45, 2.75) is 26.7 Å². The van der Waals surface area contributed by atoms with Gasteiger partial charge in [0, 0.05) is 12.3 Å². The van der Waals surface area contributed by atoms with E-state index in [0.29, 0.717) is 11.7 Å². The molecule has 0 bridgehead atoms. The van der Waals surface area contributed by atoms with Crippen molar-refractivity contribution in [2.24, 2.45) is 0 Å². The van der Waals surface area contributed by atoms with Gasteiger partial charge < -0.3 is 4.74 Å². The molecule has 0 saturated heterocycles. The van der Waals surface area contributed by atoms with Crippen LogP contribution in [0.3, 0.4) is 0 Å². The summed E-state index contributed by atoms with van der Waals surface area (Å²) >= 11 is 0. The molecular weight excluding hydrogens is 229 g/mol. The van der Waals surface area contributed by atoms with Crippen molar-refractivity contribution in [3.05, 3.63) is 53.6 Å². The molecule has 2 nitrogen and oxygen atoms in total. The van der Waals surface area contributed by atoms with Crippen molar-refractivity contribution in [2.75, 3.05) is 0 Å². The molecular formula is C15H16FNO. The number of nitrogens with zero attached hydrogens (tertiary/aromatic N) is 1. The Kier molecular flexibility index (Phi) is 3.60. The van der Waals surface area contributed by atoms with Gasteiger partial charge in [-0.2, -0.15) is 4.39 Å². The molecule has 0 saturated carbocycles. The van der Waals surface area contributed by atoms with E-state index in [2.05, 4.69) is 24.9 Å². The Bertz CT molecular complexity index is 552. The number of aromatic nitrogens is 1. The minimum absolute atomic E-state index is 0.354. The molecule has 2 rings (SSSR count). The summed E-state index contributed by atoms with van der Waals surface area (Å²) in [4.78, 5) is 3.51. The number of aryl methyl sites for hydroxylation is 1. The minimum atomic E-state index is -0.536. The lowest BCUT2D eigenvalue weighted by Crippen LogP contribution is -1.95. The quantitative estimate of drug-likeness (QED) is 0.745. The van der Waals surface area contributed by atoms with Crippen molar-refractivity contribution in [1.82, 2.24) is 4.98 Å². The molecule has 1 aromatic heterocycles. The third-order valence-corrected chi connectivity index (χ3v) is 2.72. The lowest BCUT2D eigenvalue weighted by molar-refractivity contribution is 0.463. The maximum absolute atomic E-state index is 13.0. The van der Waals surface area contributed by atoms with Crippen LogP contribution in [-0.2, 0) is 0 Å². The fourth-order valence-corrected chi connectivity index (χ4v) is 1.78. The Labute approximate surface area is 106 Å². The number of hydrogen-bond donors (Lipinski definition) is 0. The van der Waals surface area contributed by atoms with Crippen LogP contribution in [0.4, 0.5) is 4.39 Å². The van der Waals surface area contributed by atoms with E-state index in [1.807, 2.05) is 19.1 Å². The van der Waals surface area contributed by atoms with Crippen LogP contribution >= 0.6 is 0 Å². The Morgan fingerprint density at radius 3 is 2.61 bits per heavy atom. The number of hydrogen-bond acceptors (Lipinski definition) is 2. The summed E-state index contributed by atoms with van der Waals surface area (Å²) in [5.74, 6) is 1.06. The molecule has 0 spiro atoms. The van der Waals surface area contributed by atoms with Gasteiger partial charge in [0.1, 0.15) is 11.5 Å². The van der Waals surface area contributed by atoms with Gasteiger partial charge in [0.05, 0.1) is 0 Å². The van der Waals surface area contributed by atoms with Crippen LogP contribution in [0.25, 0.3) is 0 Å². The molecule has 0 radical (unpaired) electrons. The molecule has 0 aliphatic carbocycles. The molecule has 18 heavy (non-hydrogen) atoms. The molecule has 0 amide bonds. The first-order valence-corrected chi connectivity index (χ1v) is 5.96. The van der Waals surface area contributed by atoms with Crippen molar-refractivity contribution in [3.63, 3.8) is 0 Å². The lowest BCUT2D eigenvalue weighted by Gasteiger charge is -2.14. The smallest absolute Gasteiger partial charge is 0.216 e. The van der Waals surface area contributed by atoms with Crippen LogP contribution in [0.2, 0.25) is 0 Å². The van der Waals surface area contributed by atoms with Crippen molar-refractivity contribution < 1.29 is 9.13 Å².